The number of hydrogen-bond donors (Lipinski definition) is 2. The van der Waals surface area contributed by atoms with Crippen molar-refractivity contribution < 1.29 is 9.21 Å². The molecule has 0 aliphatic heterocycles. The zero-order valence-corrected chi connectivity index (χ0v) is 10.6. The lowest BCUT2D eigenvalue weighted by Gasteiger charge is -2.01. The molecule has 0 aliphatic carbocycles. The molecule has 0 aromatic carbocycles. The number of nitrogen functional groups attached to an aromatic ring is 1. The lowest BCUT2D eigenvalue weighted by Crippen LogP contribution is -2.22. The summed E-state index contributed by atoms with van der Waals surface area (Å²) in [6.45, 7) is 0.325. The van der Waals surface area contributed by atoms with Crippen LogP contribution >= 0.6 is 11.3 Å². The van der Waals surface area contributed by atoms with Crippen LogP contribution < -0.4 is 11.1 Å². The van der Waals surface area contributed by atoms with Gasteiger partial charge in [0, 0.05) is 5.39 Å². The van der Waals surface area contributed by atoms with Crippen molar-refractivity contribution in [2.75, 3.05) is 5.73 Å². The van der Waals surface area contributed by atoms with Crippen molar-refractivity contribution in [1.29, 1.82) is 0 Å². The number of fused-ring (bicyclic) bond motifs is 1. The third kappa shape index (κ3) is 2.15. The summed E-state index contributed by atoms with van der Waals surface area (Å²) in [7, 11) is 0. The van der Waals surface area contributed by atoms with E-state index in [9.17, 15) is 4.79 Å². The van der Waals surface area contributed by atoms with Gasteiger partial charge >= 0.3 is 0 Å². The monoisotopic (exact) mass is 274 g/mol. The Balaban J connectivity index is 1.83. The molecule has 6 nitrogen and oxygen atoms in total. The number of aromatic nitrogens is 2. The van der Waals surface area contributed by atoms with Crippen LogP contribution in [0.25, 0.3) is 10.2 Å². The summed E-state index contributed by atoms with van der Waals surface area (Å²) in [5.74, 6) is 0.449. The maximum absolute atomic E-state index is 12.1. The van der Waals surface area contributed by atoms with E-state index in [-0.39, 0.29) is 5.91 Å². The fraction of sp³-hybridized carbons (Fsp3) is 0.0833. The van der Waals surface area contributed by atoms with E-state index in [2.05, 4.69) is 15.5 Å². The van der Waals surface area contributed by atoms with Crippen molar-refractivity contribution in [2.24, 2.45) is 0 Å². The van der Waals surface area contributed by atoms with Crippen LogP contribution in [-0.2, 0) is 6.54 Å². The van der Waals surface area contributed by atoms with Crippen LogP contribution in [0.3, 0.4) is 0 Å². The van der Waals surface area contributed by atoms with Crippen molar-refractivity contribution >= 4 is 33.1 Å². The molecule has 0 bridgehead atoms. The van der Waals surface area contributed by atoms with Crippen molar-refractivity contribution in [3.63, 3.8) is 0 Å². The second-order valence-corrected chi connectivity index (χ2v) is 4.86. The molecule has 3 N–H and O–H groups in total. The third-order valence-electron chi connectivity index (χ3n) is 2.63. The second kappa shape index (κ2) is 4.69. The molecule has 7 heteroatoms. The summed E-state index contributed by atoms with van der Waals surface area (Å²) in [6.07, 6.45) is 3.11. The van der Waals surface area contributed by atoms with Crippen molar-refractivity contribution in [3.8, 4) is 0 Å². The standard InChI is InChI=1S/C12H10N4O2S/c13-9-8-3-4-15-16-12(8)19-10(9)11(17)14-6-7-2-1-5-18-7/h1-5H,6,13H2,(H,14,17). The molecule has 0 spiro atoms. The van der Waals surface area contributed by atoms with E-state index in [1.54, 1.807) is 30.7 Å². The molecule has 96 valence electrons. The Hall–Kier alpha value is -2.41. The predicted octanol–water partition coefficient (Wildman–Crippen LogP) is 1.80. The lowest BCUT2D eigenvalue weighted by atomic mass is 10.3. The SMILES string of the molecule is Nc1c(C(=O)NCc2ccco2)sc2nnccc12. The molecule has 0 fully saturated rings. The Morgan fingerprint density at radius 2 is 2.37 bits per heavy atom. The molecular formula is C12H10N4O2S. The van der Waals surface area contributed by atoms with Crippen LogP contribution in [0.2, 0.25) is 0 Å². The molecule has 0 atom stereocenters. The normalized spacial score (nSPS) is 10.7. The number of furan rings is 1. The van der Waals surface area contributed by atoms with Crippen molar-refractivity contribution in [1.82, 2.24) is 15.5 Å². The molecule has 19 heavy (non-hydrogen) atoms. The van der Waals surface area contributed by atoms with Gasteiger partial charge in [0.1, 0.15) is 15.5 Å². The smallest absolute Gasteiger partial charge is 0.263 e. The number of anilines is 1. The van der Waals surface area contributed by atoms with Gasteiger partial charge in [-0.05, 0) is 18.2 Å². The van der Waals surface area contributed by atoms with E-state index < -0.39 is 0 Å². The largest absolute Gasteiger partial charge is 0.467 e. The van der Waals surface area contributed by atoms with E-state index in [1.807, 2.05) is 0 Å². The maximum atomic E-state index is 12.1. The van der Waals surface area contributed by atoms with Gasteiger partial charge in [0.25, 0.3) is 5.91 Å². The summed E-state index contributed by atoms with van der Waals surface area (Å²) < 4.78 is 5.14. The quantitative estimate of drug-likeness (QED) is 0.759. The third-order valence-corrected chi connectivity index (χ3v) is 3.73. The van der Waals surface area contributed by atoms with E-state index in [0.717, 1.165) is 5.39 Å². The van der Waals surface area contributed by atoms with Gasteiger partial charge in [-0.25, -0.2) is 0 Å². The van der Waals surface area contributed by atoms with Gasteiger partial charge < -0.3 is 15.5 Å². The first-order chi connectivity index (χ1) is 9.25. The van der Waals surface area contributed by atoms with Gasteiger partial charge in [0.15, 0.2) is 0 Å². The minimum atomic E-state index is -0.239. The highest BCUT2D eigenvalue weighted by Crippen LogP contribution is 2.31. The van der Waals surface area contributed by atoms with Gasteiger partial charge in [-0.1, -0.05) is 0 Å². The number of carbonyl (C=O) groups excluding carboxylic acids is 1. The van der Waals surface area contributed by atoms with Crippen LogP contribution in [0.5, 0.6) is 0 Å². The van der Waals surface area contributed by atoms with Crippen LogP contribution in [-0.4, -0.2) is 16.1 Å². The number of rotatable bonds is 3. The van der Waals surface area contributed by atoms with E-state index in [0.29, 0.717) is 27.7 Å². The molecule has 3 rings (SSSR count). The lowest BCUT2D eigenvalue weighted by molar-refractivity contribution is 0.0953. The molecule has 3 aromatic heterocycles. The molecule has 0 unspecified atom stereocenters. The zero-order chi connectivity index (χ0) is 13.2. The number of amides is 1. The highest BCUT2D eigenvalue weighted by atomic mass is 32.1. The Kier molecular flexibility index (Phi) is 2.88. The fourth-order valence-corrected chi connectivity index (χ4v) is 2.66. The number of nitrogens with two attached hydrogens (primary N) is 1. The van der Waals surface area contributed by atoms with Gasteiger partial charge in [-0.3, -0.25) is 4.79 Å². The van der Waals surface area contributed by atoms with Gasteiger partial charge in [-0.15, -0.1) is 16.4 Å². The minimum absolute atomic E-state index is 0.239. The zero-order valence-electron chi connectivity index (χ0n) is 9.79. The summed E-state index contributed by atoms with van der Waals surface area (Å²) in [5, 5.41) is 11.2. The average Bonchev–Trinajstić information content (AvgIpc) is 3.05. The highest BCUT2D eigenvalue weighted by Gasteiger charge is 2.17. The average molecular weight is 274 g/mol. The highest BCUT2D eigenvalue weighted by molar-refractivity contribution is 7.21. The van der Waals surface area contributed by atoms with E-state index in [4.69, 9.17) is 10.2 Å². The van der Waals surface area contributed by atoms with Crippen LogP contribution in [0.4, 0.5) is 5.69 Å². The first kappa shape index (κ1) is 11.7. The molecule has 0 aliphatic rings. The summed E-state index contributed by atoms with van der Waals surface area (Å²) in [6, 6.07) is 5.31. The molecule has 0 saturated heterocycles. The van der Waals surface area contributed by atoms with Crippen LogP contribution in [0, 0.1) is 0 Å². The van der Waals surface area contributed by atoms with Crippen molar-refractivity contribution in [2.45, 2.75) is 6.54 Å². The second-order valence-electron chi connectivity index (χ2n) is 3.86. The molecule has 0 saturated carbocycles. The minimum Gasteiger partial charge on any atom is -0.467 e. The fourth-order valence-electron chi connectivity index (χ4n) is 1.70. The number of thiophene rings is 1. The number of nitrogens with zero attached hydrogens (tertiary/aromatic N) is 2. The molecule has 3 aromatic rings. The van der Waals surface area contributed by atoms with Gasteiger partial charge in [0.2, 0.25) is 0 Å². The first-order valence-electron chi connectivity index (χ1n) is 5.56. The number of hydrogen-bond acceptors (Lipinski definition) is 6. The summed E-state index contributed by atoms with van der Waals surface area (Å²) in [4.78, 5) is 13.2. The number of nitrogens with one attached hydrogen (secondary N) is 1. The van der Waals surface area contributed by atoms with Crippen LogP contribution in [0.1, 0.15) is 15.4 Å². The van der Waals surface area contributed by atoms with E-state index >= 15 is 0 Å². The van der Waals surface area contributed by atoms with E-state index in [1.165, 1.54) is 11.3 Å². The predicted molar refractivity (Wildman–Crippen MR) is 71.7 cm³/mol. The Bertz CT molecular complexity index is 720. The topological polar surface area (TPSA) is 94.0 Å². The van der Waals surface area contributed by atoms with Gasteiger partial charge in [0.05, 0.1) is 24.7 Å². The Morgan fingerprint density at radius 3 is 3.11 bits per heavy atom. The first-order valence-corrected chi connectivity index (χ1v) is 6.37. The Morgan fingerprint density at radius 1 is 1.47 bits per heavy atom. The summed E-state index contributed by atoms with van der Waals surface area (Å²) in [5.41, 5.74) is 6.38. The van der Waals surface area contributed by atoms with Crippen molar-refractivity contribution in [3.05, 3.63) is 41.3 Å². The summed E-state index contributed by atoms with van der Waals surface area (Å²) >= 11 is 1.23. The molecule has 3 heterocycles. The Labute approximate surface area is 112 Å². The maximum Gasteiger partial charge on any atom is 0.263 e. The number of carbonyl (C=O) groups is 1. The molecule has 1 amide bonds. The molecule has 0 radical (unpaired) electrons. The van der Waals surface area contributed by atoms with Gasteiger partial charge in [-0.2, -0.15) is 5.10 Å². The molecular weight excluding hydrogens is 264 g/mol. The van der Waals surface area contributed by atoms with Crippen LogP contribution in [0.15, 0.2) is 35.1 Å².